The lowest BCUT2D eigenvalue weighted by atomic mass is 9.95. The molecule has 6 nitrogen and oxygen atoms in total. The zero-order valence-electron chi connectivity index (χ0n) is 12.6. The predicted molar refractivity (Wildman–Crippen MR) is 86.8 cm³/mol. The van der Waals surface area contributed by atoms with Gasteiger partial charge in [0.2, 0.25) is 5.91 Å². The fraction of sp³-hybridized carbons (Fsp3) is 0.714. The van der Waals surface area contributed by atoms with Gasteiger partial charge >= 0.3 is 0 Å². The number of carbonyl (C=O) groups is 1. The Balaban J connectivity index is 1.50. The SMILES string of the molecule is Cc1csc(NC(=O)C2CCN(C3CCS(=O)(=O)C3)CC2)n1. The Hall–Kier alpha value is -0.990. The molecule has 0 bridgehead atoms. The number of carbonyl (C=O) groups excluding carboxylic acids is 1. The first-order valence-electron chi connectivity index (χ1n) is 7.60. The summed E-state index contributed by atoms with van der Waals surface area (Å²) in [6.45, 7) is 3.50. The first-order chi connectivity index (χ1) is 10.4. The molecule has 1 aromatic rings. The molecule has 1 N–H and O–H groups in total. The van der Waals surface area contributed by atoms with Gasteiger partial charge in [-0.15, -0.1) is 11.3 Å². The molecule has 2 aliphatic heterocycles. The number of likely N-dealkylation sites (tertiary alicyclic amines) is 1. The number of nitrogens with zero attached hydrogens (tertiary/aromatic N) is 2. The second kappa shape index (κ2) is 6.25. The summed E-state index contributed by atoms with van der Waals surface area (Å²) in [5, 5.41) is 5.46. The summed E-state index contributed by atoms with van der Waals surface area (Å²) >= 11 is 1.44. The lowest BCUT2D eigenvalue weighted by Gasteiger charge is -2.34. The number of hydrogen-bond acceptors (Lipinski definition) is 6. The third-order valence-electron chi connectivity index (χ3n) is 4.47. The second-order valence-corrected chi connectivity index (χ2v) is 9.24. The van der Waals surface area contributed by atoms with Gasteiger partial charge in [-0.25, -0.2) is 13.4 Å². The number of sulfone groups is 1. The average Bonchev–Trinajstić information content (AvgIpc) is 3.04. The van der Waals surface area contributed by atoms with E-state index in [0.29, 0.717) is 10.9 Å². The molecular weight excluding hydrogens is 322 g/mol. The highest BCUT2D eigenvalue weighted by molar-refractivity contribution is 7.91. The van der Waals surface area contributed by atoms with E-state index in [9.17, 15) is 13.2 Å². The molecule has 0 saturated carbocycles. The second-order valence-electron chi connectivity index (χ2n) is 6.15. The molecule has 1 unspecified atom stereocenters. The Morgan fingerprint density at radius 2 is 2.09 bits per heavy atom. The van der Waals surface area contributed by atoms with Gasteiger partial charge in [0, 0.05) is 17.3 Å². The summed E-state index contributed by atoms with van der Waals surface area (Å²) in [7, 11) is -2.84. The Kier molecular flexibility index (Phi) is 4.52. The van der Waals surface area contributed by atoms with Crippen LogP contribution in [0.15, 0.2) is 5.38 Å². The van der Waals surface area contributed by atoms with Crippen LogP contribution in [-0.2, 0) is 14.6 Å². The molecule has 1 aromatic heterocycles. The van der Waals surface area contributed by atoms with Crippen LogP contribution in [0.25, 0.3) is 0 Å². The Morgan fingerprint density at radius 1 is 1.36 bits per heavy atom. The van der Waals surface area contributed by atoms with Crippen LogP contribution in [0.1, 0.15) is 25.0 Å². The van der Waals surface area contributed by atoms with E-state index in [4.69, 9.17) is 0 Å². The number of hydrogen-bond donors (Lipinski definition) is 1. The summed E-state index contributed by atoms with van der Waals surface area (Å²) in [6, 6.07) is 0.149. The maximum atomic E-state index is 12.2. The number of thiazole rings is 1. The quantitative estimate of drug-likeness (QED) is 0.894. The number of piperidine rings is 1. The summed E-state index contributed by atoms with van der Waals surface area (Å²) in [6.07, 6.45) is 2.30. The number of rotatable bonds is 3. The van der Waals surface area contributed by atoms with E-state index >= 15 is 0 Å². The molecule has 0 aromatic carbocycles. The zero-order chi connectivity index (χ0) is 15.7. The highest BCUT2D eigenvalue weighted by Gasteiger charge is 2.35. The van der Waals surface area contributed by atoms with Gasteiger partial charge < -0.3 is 5.32 Å². The van der Waals surface area contributed by atoms with Gasteiger partial charge in [0.1, 0.15) is 0 Å². The van der Waals surface area contributed by atoms with Crippen LogP contribution >= 0.6 is 11.3 Å². The number of aryl methyl sites for hydroxylation is 1. The maximum Gasteiger partial charge on any atom is 0.229 e. The van der Waals surface area contributed by atoms with E-state index in [0.717, 1.165) is 38.0 Å². The third-order valence-corrected chi connectivity index (χ3v) is 7.10. The van der Waals surface area contributed by atoms with Gasteiger partial charge in [-0.2, -0.15) is 0 Å². The van der Waals surface area contributed by atoms with Gasteiger partial charge in [-0.1, -0.05) is 0 Å². The molecule has 0 aliphatic carbocycles. The Labute approximate surface area is 134 Å². The number of amides is 1. The zero-order valence-corrected chi connectivity index (χ0v) is 14.3. The third kappa shape index (κ3) is 3.67. The smallest absolute Gasteiger partial charge is 0.229 e. The highest BCUT2D eigenvalue weighted by atomic mass is 32.2. The minimum Gasteiger partial charge on any atom is -0.302 e. The molecule has 2 fully saturated rings. The van der Waals surface area contributed by atoms with Crippen molar-refractivity contribution in [2.75, 3.05) is 29.9 Å². The molecular formula is C14H21N3O3S2. The molecule has 8 heteroatoms. The molecule has 1 amide bonds. The van der Waals surface area contributed by atoms with Gasteiger partial charge in [-0.3, -0.25) is 9.69 Å². The Morgan fingerprint density at radius 3 is 2.64 bits per heavy atom. The topological polar surface area (TPSA) is 79.4 Å². The van der Waals surface area contributed by atoms with E-state index in [-0.39, 0.29) is 23.6 Å². The number of anilines is 1. The molecule has 2 saturated heterocycles. The fourth-order valence-corrected chi connectivity index (χ4v) is 5.66. The standard InChI is InChI=1S/C14H21N3O3S2/c1-10-8-21-14(15-10)16-13(18)11-2-5-17(6-3-11)12-4-7-22(19,20)9-12/h8,11-12H,2-7,9H2,1H3,(H,15,16,18). The molecule has 122 valence electrons. The monoisotopic (exact) mass is 343 g/mol. The largest absolute Gasteiger partial charge is 0.302 e. The van der Waals surface area contributed by atoms with Crippen LogP contribution in [0, 0.1) is 12.8 Å². The van der Waals surface area contributed by atoms with Crippen molar-refractivity contribution in [1.82, 2.24) is 9.88 Å². The summed E-state index contributed by atoms with van der Waals surface area (Å²) in [4.78, 5) is 18.7. The summed E-state index contributed by atoms with van der Waals surface area (Å²) < 4.78 is 23.1. The van der Waals surface area contributed by atoms with Crippen molar-refractivity contribution in [3.8, 4) is 0 Å². The molecule has 22 heavy (non-hydrogen) atoms. The van der Waals surface area contributed by atoms with Gasteiger partial charge in [0.15, 0.2) is 15.0 Å². The first-order valence-corrected chi connectivity index (χ1v) is 10.3. The lowest BCUT2D eigenvalue weighted by molar-refractivity contribution is -0.121. The van der Waals surface area contributed by atoms with Crippen molar-refractivity contribution in [2.24, 2.45) is 5.92 Å². The van der Waals surface area contributed by atoms with Gasteiger partial charge in [-0.05, 0) is 39.3 Å². The van der Waals surface area contributed by atoms with Crippen molar-refractivity contribution < 1.29 is 13.2 Å². The van der Waals surface area contributed by atoms with Crippen molar-refractivity contribution in [3.05, 3.63) is 11.1 Å². The van der Waals surface area contributed by atoms with Crippen LogP contribution in [0.3, 0.4) is 0 Å². The molecule has 3 rings (SSSR count). The molecule has 1 atom stereocenters. The van der Waals surface area contributed by atoms with E-state index in [1.807, 2.05) is 12.3 Å². The van der Waals surface area contributed by atoms with Crippen molar-refractivity contribution >= 4 is 32.2 Å². The maximum absolute atomic E-state index is 12.2. The van der Waals surface area contributed by atoms with Crippen LogP contribution < -0.4 is 5.32 Å². The average molecular weight is 343 g/mol. The first kappa shape index (κ1) is 15.9. The predicted octanol–water partition coefficient (Wildman–Crippen LogP) is 1.29. The van der Waals surface area contributed by atoms with Crippen LogP contribution in [0.4, 0.5) is 5.13 Å². The van der Waals surface area contributed by atoms with Crippen molar-refractivity contribution in [3.63, 3.8) is 0 Å². The minimum absolute atomic E-state index is 0.00142. The summed E-state index contributed by atoms with van der Waals surface area (Å²) in [5.41, 5.74) is 0.914. The lowest BCUT2D eigenvalue weighted by Crippen LogP contribution is -2.44. The van der Waals surface area contributed by atoms with Crippen molar-refractivity contribution in [1.29, 1.82) is 0 Å². The highest BCUT2D eigenvalue weighted by Crippen LogP contribution is 2.25. The summed E-state index contributed by atoms with van der Waals surface area (Å²) in [5.74, 6) is 0.621. The van der Waals surface area contributed by atoms with Crippen LogP contribution in [0.2, 0.25) is 0 Å². The van der Waals surface area contributed by atoms with Crippen LogP contribution in [-0.4, -0.2) is 54.8 Å². The number of aromatic nitrogens is 1. The normalized spacial score (nSPS) is 26.1. The van der Waals surface area contributed by atoms with Gasteiger partial charge in [0.25, 0.3) is 0 Å². The molecule has 0 radical (unpaired) electrons. The van der Waals surface area contributed by atoms with E-state index in [1.54, 1.807) is 0 Å². The Bertz CT molecular complexity index is 648. The number of nitrogens with one attached hydrogen (secondary N) is 1. The van der Waals surface area contributed by atoms with Crippen LogP contribution in [0.5, 0.6) is 0 Å². The fourth-order valence-electron chi connectivity index (χ4n) is 3.21. The van der Waals surface area contributed by atoms with Crippen molar-refractivity contribution in [2.45, 2.75) is 32.2 Å². The van der Waals surface area contributed by atoms with E-state index in [1.165, 1.54) is 11.3 Å². The molecule has 0 spiro atoms. The molecule has 2 aliphatic rings. The molecule has 3 heterocycles. The van der Waals surface area contributed by atoms with E-state index in [2.05, 4.69) is 15.2 Å². The minimum atomic E-state index is -2.84. The van der Waals surface area contributed by atoms with Gasteiger partial charge in [0.05, 0.1) is 17.2 Å². The van der Waals surface area contributed by atoms with E-state index < -0.39 is 9.84 Å².